The van der Waals surface area contributed by atoms with Gasteiger partial charge in [-0.05, 0) is 40.7 Å². The molecule has 0 amide bonds. The van der Waals surface area contributed by atoms with Gasteiger partial charge in [-0.3, -0.25) is 10.1 Å². The zero-order valence-electron chi connectivity index (χ0n) is 15.4. The van der Waals surface area contributed by atoms with Crippen LogP contribution in [0.1, 0.15) is 0 Å². The fourth-order valence-corrected chi connectivity index (χ4v) is 3.08. The third-order valence-corrected chi connectivity index (χ3v) is 4.60. The Bertz CT molecular complexity index is 991. The van der Waals surface area contributed by atoms with E-state index in [1.807, 2.05) is 0 Å². The van der Waals surface area contributed by atoms with Gasteiger partial charge in [-0.2, -0.15) is 0 Å². The second-order valence-electron chi connectivity index (χ2n) is 6.27. The van der Waals surface area contributed by atoms with Gasteiger partial charge in [0.2, 0.25) is 0 Å². The summed E-state index contributed by atoms with van der Waals surface area (Å²) in [4.78, 5) is 10.6. The number of nitro benzene ring substituents is 1. The lowest BCUT2D eigenvalue weighted by molar-refractivity contribution is -0.384. The molecule has 0 unspecified atom stereocenters. The molecule has 0 spiro atoms. The largest absolute Gasteiger partial charge is 0.477 e. The van der Waals surface area contributed by atoms with E-state index < -0.39 is 26.3 Å². The summed E-state index contributed by atoms with van der Waals surface area (Å²) in [7, 11) is -4.29. The minimum Gasteiger partial charge on any atom is -0.444 e. The number of benzene rings is 3. The highest BCUT2D eigenvalue weighted by molar-refractivity contribution is 6.79. The number of hydrogen-bond donors (Lipinski definition) is 2. The van der Waals surface area contributed by atoms with Gasteiger partial charge in [-0.15, -0.1) is 0 Å². The van der Waals surface area contributed by atoms with Crippen LogP contribution in [0.15, 0.2) is 72.8 Å². The summed E-state index contributed by atoms with van der Waals surface area (Å²) < 4.78 is 11.2. The van der Waals surface area contributed by atoms with Crippen LogP contribution in [0.2, 0.25) is 10.0 Å². The highest BCUT2D eigenvalue weighted by Crippen LogP contribution is 2.10. The third-order valence-electron chi connectivity index (χ3n) is 4.13. The molecule has 3 rings (SSSR count). The van der Waals surface area contributed by atoms with Crippen LogP contribution < -0.4 is 16.4 Å². The number of rotatable bonds is 8. The molecule has 0 radical (unpaired) electrons. The predicted molar refractivity (Wildman–Crippen MR) is 119 cm³/mol. The van der Waals surface area contributed by atoms with Gasteiger partial charge in [0.25, 0.3) is 5.69 Å². The number of hydrogen-bond acceptors (Lipinski definition) is 6. The van der Waals surface area contributed by atoms with Crippen LogP contribution in [0.4, 0.5) is 5.69 Å². The molecule has 150 valence electrons. The zero-order chi connectivity index (χ0) is 21.7. The Morgan fingerprint density at radius 2 is 1.23 bits per heavy atom. The molecular weight excluding hydrogens is 430 g/mol. The van der Waals surface area contributed by atoms with Crippen LogP contribution in [-0.2, 0) is 9.14 Å². The molecule has 0 heterocycles. The SMILES string of the molecule is O=[N+]([O-])c1cccc(B(OB(O)c2cccc(Cl)c2)OB(O)c2cccc(Cl)c2)c1. The van der Waals surface area contributed by atoms with Gasteiger partial charge in [0.15, 0.2) is 0 Å². The van der Waals surface area contributed by atoms with Crippen LogP contribution in [-0.4, -0.2) is 36.3 Å². The predicted octanol–water partition coefficient (Wildman–Crippen LogP) is 1.41. The first-order valence-corrected chi connectivity index (χ1v) is 9.51. The maximum Gasteiger partial charge on any atom is 0.477 e. The fourth-order valence-electron chi connectivity index (χ4n) is 2.69. The van der Waals surface area contributed by atoms with E-state index in [1.54, 1.807) is 36.4 Å². The first-order valence-electron chi connectivity index (χ1n) is 8.76. The highest BCUT2D eigenvalue weighted by atomic mass is 35.5. The number of non-ortho nitro benzene ring substituents is 1. The fraction of sp³-hybridized carbons (Fsp3) is 0. The Labute approximate surface area is 183 Å². The molecule has 0 saturated heterocycles. The van der Waals surface area contributed by atoms with Gasteiger partial charge in [-0.25, -0.2) is 0 Å². The Morgan fingerprint density at radius 1 is 0.767 bits per heavy atom. The van der Waals surface area contributed by atoms with Crippen molar-refractivity contribution in [1.29, 1.82) is 0 Å². The lowest BCUT2D eigenvalue weighted by Crippen LogP contribution is -2.51. The maximum absolute atomic E-state index is 11.1. The van der Waals surface area contributed by atoms with Crippen molar-refractivity contribution in [2.24, 2.45) is 0 Å². The number of halogens is 2. The van der Waals surface area contributed by atoms with Crippen molar-refractivity contribution >= 4 is 66.6 Å². The molecule has 0 aliphatic carbocycles. The molecule has 3 aromatic carbocycles. The molecule has 7 nitrogen and oxygen atoms in total. The van der Waals surface area contributed by atoms with Gasteiger partial charge in [0.05, 0.1) is 4.92 Å². The molecule has 30 heavy (non-hydrogen) atoms. The molecule has 0 aromatic heterocycles. The van der Waals surface area contributed by atoms with Gasteiger partial charge >= 0.3 is 21.4 Å². The van der Waals surface area contributed by atoms with Crippen molar-refractivity contribution in [2.45, 2.75) is 0 Å². The molecule has 3 aromatic rings. The van der Waals surface area contributed by atoms with E-state index in [4.69, 9.17) is 32.3 Å². The second kappa shape index (κ2) is 10.1. The monoisotopic (exact) mass is 443 g/mol. The first-order chi connectivity index (χ1) is 14.3. The maximum atomic E-state index is 11.1. The van der Waals surface area contributed by atoms with Gasteiger partial charge in [0, 0.05) is 22.2 Å². The van der Waals surface area contributed by atoms with Crippen LogP contribution in [0.5, 0.6) is 0 Å². The first kappa shape index (κ1) is 22.4. The lowest BCUT2D eigenvalue weighted by atomic mass is 9.67. The van der Waals surface area contributed by atoms with E-state index in [-0.39, 0.29) is 11.2 Å². The molecule has 0 atom stereocenters. The average molecular weight is 444 g/mol. The average Bonchev–Trinajstić information content (AvgIpc) is 2.73. The van der Waals surface area contributed by atoms with Crippen molar-refractivity contribution in [3.8, 4) is 0 Å². The minimum absolute atomic E-state index is 0.195. The van der Waals surface area contributed by atoms with Gasteiger partial charge in [-0.1, -0.05) is 59.6 Å². The van der Waals surface area contributed by atoms with Crippen molar-refractivity contribution in [3.05, 3.63) is 93.0 Å². The summed E-state index contributed by atoms with van der Waals surface area (Å²) in [6, 6.07) is 18.2. The second-order valence-corrected chi connectivity index (χ2v) is 7.14. The topological polar surface area (TPSA) is 102 Å². The smallest absolute Gasteiger partial charge is 0.444 e. The van der Waals surface area contributed by atoms with Crippen LogP contribution in [0.3, 0.4) is 0 Å². The number of nitrogens with zero attached hydrogens (tertiary/aromatic N) is 1. The van der Waals surface area contributed by atoms with E-state index in [0.717, 1.165) is 0 Å². The lowest BCUT2D eigenvalue weighted by Gasteiger charge is -2.20. The Hall–Kier alpha value is -2.33. The standard InChI is InChI=1S/C18H14B3Cl2NO6/c22-16-7-1-4-13(10-16)19(25)29-21(15-6-3-9-18(12-15)24(27)28)30-20(26)14-5-2-8-17(23)11-14/h1-12,25-26H. The molecule has 0 saturated carbocycles. The molecule has 0 aliphatic heterocycles. The molecule has 0 aliphatic rings. The Balaban J connectivity index is 1.89. The normalized spacial score (nSPS) is 10.5. The number of nitro groups is 1. The Kier molecular flexibility index (Phi) is 7.55. The third kappa shape index (κ3) is 5.85. The summed E-state index contributed by atoms with van der Waals surface area (Å²) in [6.07, 6.45) is 0. The molecule has 12 heteroatoms. The quantitative estimate of drug-likeness (QED) is 0.310. The van der Waals surface area contributed by atoms with Crippen molar-refractivity contribution in [3.63, 3.8) is 0 Å². The summed E-state index contributed by atoms with van der Waals surface area (Å²) in [5, 5.41) is 32.9. The zero-order valence-corrected chi connectivity index (χ0v) is 16.9. The van der Waals surface area contributed by atoms with Crippen LogP contribution >= 0.6 is 23.2 Å². The van der Waals surface area contributed by atoms with Crippen molar-refractivity contribution in [2.75, 3.05) is 0 Å². The molecular formula is C18H14B3Cl2NO6. The van der Waals surface area contributed by atoms with E-state index in [0.29, 0.717) is 21.0 Å². The summed E-state index contributed by atoms with van der Waals surface area (Å²) in [5.74, 6) is 0. The van der Waals surface area contributed by atoms with Crippen LogP contribution in [0, 0.1) is 10.1 Å². The summed E-state index contributed by atoms with van der Waals surface area (Å²) >= 11 is 11.9. The van der Waals surface area contributed by atoms with Crippen molar-refractivity contribution < 1.29 is 24.1 Å². The molecule has 0 bridgehead atoms. The summed E-state index contributed by atoms with van der Waals surface area (Å²) in [5.41, 5.74) is 0.725. The van der Waals surface area contributed by atoms with Gasteiger partial charge < -0.3 is 19.2 Å². The van der Waals surface area contributed by atoms with E-state index in [2.05, 4.69) is 0 Å². The minimum atomic E-state index is -1.47. The van der Waals surface area contributed by atoms with E-state index >= 15 is 0 Å². The van der Waals surface area contributed by atoms with Gasteiger partial charge in [0.1, 0.15) is 0 Å². The van der Waals surface area contributed by atoms with Crippen LogP contribution in [0.25, 0.3) is 0 Å². The summed E-state index contributed by atoms with van der Waals surface area (Å²) in [6.45, 7) is 0. The molecule has 2 N–H and O–H groups in total. The van der Waals surface area contributed by atoms with E-state index in [1.165, 1.54) is 36.4 Å². The van der Waals surface area contributed by atoms with E-state index in [9.17, 15) is 20.2 Å². The molecule has 0 fully saturated rings. The highest BCUT2D eigenvalue weighted by Gasteiger charge is 2.34. The Morgan fingerprint density at radius 3 is 1.70 bits per heavy atom. The van der Waals surface area contributed by atoms with Crippen molar-refractivity contribution in [1.82, 2.24) is 0 Å².